The Balaban J connectivity index is 0.000000110. The Labute approximate surface area is 708 Å². The molecule has 576 valence electrons. The van der Waals surface area contributed by atoms with E-state index in [2.05, 4.69) is 347 Å². The van der Waals surface area contributed by atoms with Crippen molar-refractivity contribution < 1.29 is 0 Å². The van der Waals surface area contributed by atoms with Gasteiger partial charge in [0.25, 0.3) is 0 Å². The van der Waals surface area contributed by atoms with Crippen LogP contribution < -0.4 is 0 Å². The minimum absolute atomic E-state index is 0.599. The highest BCUT2D eigenvalue weighted by atomic mass is 15.2. The molecule has 0 aliphatic rings. The van der Waals surface area contributed by atoms with Crippen LogP contribution in [-0.2, 0) is 0 Å². The lowest BCUT2D eigenvalue weighted by Gasteiger charge is -2.14. The number of hydrogen-bond acceptors (Lipinski definition) is 9. The molecule has 0 amide bonds. The minimum Gasteiger partial charge on any atom is -0.278 e. The van der Waals surface area contributed by atoms with Gasteiger partial charge in [0.05, 0.1) is 33.1 Å². The molecular weight excluding hydrogens is 1500 g/mol. The van der Waals surface area contributed by atoms with E-state index >= 15 is 0 Å². The zero-order chi connectivity index (χ0) is 81.5. The van der Waals surface area contributed by atoms with Gasteiger partial charge in [-0.15, -0.1) is 0 Å². The Morgan fingerprint density at radius 1 is 0.130 bits per heavy atom. The smallest absolute Gasteiger partial charge is 0.238 e. The summed E-state index contributed by atoms with van der Waals surface area (Å²) in [6, 6.07) is 151. The Hall–Kier alpha value is -16.8. The second kappa shape index (κ2) is 31.6. The van der Waals surface area contributed by atoms with E-state index in [9.17, 15) is 0 Å². The Morgan fingerprint density at radius 2 is 0.374 bits per heavy atom. The second-order valence-corrected chi connectivity index (χ2v) is 30.4. The summed E-state index contributed by atoms with van der Waals surface area (Å²) < 4.78 is 6.45. The van der Waals surface area contributed by atoms with Gasteiger partial charge in [-0.25, -0.2) is 15.0 Å². The first-order valence-electron chi connectivity index (χ1n) is 41.2. The zero-order valence-corrected chi connectivity index (χ0v) is 66.4. The monoisotopic (exact) mass is 1570 g/mol. The highest BCUT2D eigenvalue weighted by Crippen LogP contribution is 2.41. The minimum atomic E-state index is 0.599. The van der Waals surface area contributed by atoms with Crippen LogP contribution in [0, 0.1) is 0 Å². The van der Waals surface area contributed by atoms with Crippen molar-refractivity contribution in [2.45, 2.75) is 0 Å². The van der Waals surface area contributed by atoms with Gasteiger partial charge in [0.2, 0.25) is 17.8 Å². The summed E-state index contributed by atoms with van der Waals surface area (Å²) in [6.45, 7) is 0. The van der Waals surface area contributed by atoms with Gasteiger partial charge in [0.15, 0.2) is 34.9 Å². The maximum Gasteiger partial charge on any atom is 0.238 e. The average molecular weight is 1570 g/mol. The third-order valence-electron chi connectivity index (χ3n) is 23.0. The molecule has 18 aromatic carbocycles. The summed E-state index contributed by atoms with van der Waals surface area (Å²) in [7, 11) is 0. The molecule has 12 nitrogen and oxygen atoms in total. The standard InChI is InChI=1S/3C37H24N4/c1-3-11-25(12-4-1)27-19-20-29-24-30(22-21-28(29)23-27)36-38-35(26-13-5-2-6-14-26)39-37(40-36)41-33-17-9-7-15-31(33)32-16-8-10-18-34(32)41;1-3-13-25(14-4-1)27-23-24-32(29-18-8-7-17-28(27)29)36-38-35(26-15-5-2-6-16-26)39-37(40-36)41-33-21-11-9-19-30(33)31-20-10-12-22-34(31)41;1-2-12-26(13-3-1)35-38-36(30-16-10-15-28(24-30)29-22-21-25-11-4-5-14-27(25)23-29)40-37(39-35)41-33-19-8-6-17-31(33)32-18-7-9-20-34(32)41/h3*1-24H. The lowest BCUT2D eigenvalue weighted by atomic mass is 9.95. The first kappa shape index (κ1) is 72.6. The number of hydrogen-bond donors (Lipinski definition) is 0. The molecule has 0 bridgehead atoms. The van der Waals surface area contributed by atoms with Gasteiger partial charge in [-0.2, -0.15) is 29.9 Å². The van der Waals surface area contributed by atoms with E-state index < -0.39 is 0 Å². The maximum absolute atomic E-state index is 5.17. The summed E-state index contributed by atoms with van der Waals surface area (Å²) in [5.74, 6) is 5.66. The molecule has 6 heterocycles. The van der Waals surface area contributed by atoms with Crippen LogP contribution in [0.4, 0.5) is 0 Å². The molecule has 24 aromatic rings. The number of para-hydroxylation sites is 6. The second-order valence-electron chi connectivity index (χ2n) is 30.4. The molecule has 6 aromatic heterocycles. The van der Waals surface area contributed by atoms with Crippen molar-refractivity contribution in [3.05, 3.63) is 437 Å². The summed E-state index contributed by atoms with van der Waals surface area (Å²) in [5, 5.41) is 14.1. The van der Waals surface area contributed by atoms with E-state index in [4.69, 9.17) is 44.9 Å². The molecule has 0 saturated carbocycles. The topological polar surface area (TPSA) is 131 Å². The van der Waals surface area contributed by atoms with Crippen molar-refractivity contribution in [3.63, 3.8) is 0 Å². The Morgan fingerprint density at radius 3 is 0.789 bits per heavy atom. The maximum atomic E-state index is 5.17. The zero-order valence-electron chi connectivity index (χ0n) is 66.4. The first-order valence-corrected chi connectivity index (χ1v) is 41.2. The van der Waals surface area contributed by atoms with Gasteiger partial charge >= 0.3 is 0 Å². The van der Waals surface area contributed by atoms with Crippen LogP contribution in [0.25, 0.3) is 217 Å². The lowest BCUT2D eigenvalue weighted by Crippen LogP contribution is -2.06. The third kappa shape index (κ3) is 13.8. The molecule has 0 unspecified atom stereocenters. The van der Waals surface area contributed by atoms with E-state index in [1.807, 2.05) is 103 Å². The van der Waals surface area contributed by atoms with Crippen LogP contribution >= 0.6 is 0 Å². The SMILES string of the molecule is c1ccc(-c2ccc3cc(-c4nc(-c5ccccc5)nc(-n5c6ccccc6c6ccccc65)n4)ccc3c2)cc1.c1ccc(-c2nc(-c3ccc(-c4ccccc4)c4ccccc34)nc(-n3c4ccccc4c4ccccc43)n2)cc1.c1ccc(-c2nc(-c3cccc(-c4ccc5ccccc5c4)c3)nc(-n3c4ccccc4c4ccccc43)n2)cc1. The summed E-state index contributed by atoms with van der Waals surface area (Å²) >= 11 is 0. The van der Waals surface area contributed by atoms with Gasteiger partial charge in [0, 0.05) is 65.7 Å². The van der Waals surface area contributed by atoms with Crippen molar-refractivity contribution in [1.29, 1.82) is 0 Å². The third-order valence-corrected chi connectivity index (χ3v) is 23.0. The summed E-state index contributed by atoms with van der Waals surface area (Å²) in [5.41, 5.74) is 19.2. The first-order chi connectivity index (χ1) is 61.0. The molecule has 0 atom stereocenters. The van der Waals surface area contributed by atoms with Crippen LogP contribution in [-0.4, -0.2) is 58.6 Å². The fourth-order valence-corrected chi connectivity index (χ4v) is 17.1. The molecule has 0 saturated heterocycles. The van der Waals surface area contributed by atoms with E-state index in [1.165, 1.54) is 70.7 Å². The van der Waals surface area contributed by atoms with E-state index in [-0.39, 0.29) is 0 Å². The van der Waals surface area contributed by atoms with Crippen LogP contribution in [0.5, 0.6) is 0 Å². The van der Waals surface area contributed by atoms with Crippen molar-refractivity contribution >= 4 is 97.7 Å². The molecule has 0 spiro atoms. The number of benzene rings is 18. The molecule has 0 N–H and O–H groups in total. The Kier molecular flexibility index (Phi) is 18.6. The number of fused-ring (bicyclic) bond motifs is 12. The molecule has 24 rings (SSSR count). The quantitative estimate of drug-likeness (QED) is 0.117. The normalized spacial score (nSPS) is 11.4. The van der Waals surface area contributed by atoms with Crippen molar-refractivity contribution in [2.75, 3.05) is 0 Å². The molecule has 12 heteroatoms. The van der Waals surface area contributed by atoms with Crippen LogP contribution in [0.3, 0.4) is 0 Å². The predicted octanol–water partition coefficient (Wildman–Crippen LogP) is 27.4. The molecule has 0 aliphatic carbocycles. The lowest BCUT2D eigenvalue weighted by molar-refractivity contribution is 0.953. The van der Waals surface area contributed by atoms with Gasteiger partial charge in [0.1, 0.15) is 0 Å². The Bertz CT molecular complexity index is 7970. The molecular formula is C111H72N12. The highest BCUT2D eigenvalue weighted by molar-refractivity contribution is 6.12. The van der Waals surface area contributed by atoms with Gasteiger partial charge < -0.3 is 0 Å². The van der Waals surface area contributed by atoms with Crippen LogP contribution in [0.15, 0.2) is 437 Å². The van der Waals surface area contributed by atoms with E-state index in [1.54, 1.807) is 0 Å². The number of aromatic nitrogens is 12. The molecule has 123 heavy (non-hydrogen) atoms. The van der Waals surface area contributed by atoms with Crippen molar-refractivity contribution in [1.82, 2.24) is 58.6 Å². The van der Waals surface area contributed by atoms with E-state index in [0.29, 0.717) is 52.8 Å². The van der Waals surface area contributed by atoms with Gasteiger partial charge in [-0.05, 0) is 132 Å². The molecule has 0 radical (unpaired) electrons. The summed E-state index contributed by atoms with van der Waals surface area (Å²) in [4.78, 5) is 45.5. The van der Waals surface area contributed by atoms with Crippen LogP contribution in [0.1, 0.15) is 0 Å². The number of rotatable bonds is 12. The van der Waals surface area contributed by atoms with Gasteiger partial charge in [-0.3, -0.25) is 13.7 Å². The fraction of sp³-hybridized carbons (Fsp3) is 0. The molecule has 0 aliphatic heterocycles. The van der Waals surface area contributed by atoms with Crippen LogP contribution in [0.2, 0.25) is 0 Å². The fourth-order valence-electron chi connectivity index (χ4n) is 17.1. The highest BCUT2D eigenvalue weighted by Gasteiger charge is 2.24. The average Bonchev–Trinajstić information content (AvgIpc) is 1.63. The van der Waals surface area contributed by atoms with Crippen molar-refractivity contribution in [3.8, 4) is 120 Å². The largest absolute Gasteiger partial charge is 0.278 e. The molecule has 0 fully saturated rings. The van der Waals surface area contributed by atoms with Gasteiger partial charge in [-0.1, -0.05) is 370 Å². The summed E-state index contributed by atoms with van der Waals surface area (Å²) in [6.07, 6.45) is 0. The predicted molar refractivity (Wildman–Crippen MR) is 504 cm³/mol. The number of nitrogens with zero attached hydrogens (tertiary/aromatic N) is 12. The van der Waals surface area contributed by atoms with Crippen molar-refractivity contribution in [2.24, 2.45) is 0 Å². The van der Waals surface area contributed by atoms with E-state index in [0.717, 1.165) is 93.8 Å².